The minimum absolute atomic E-state index is 0. The lowest BCUT2D eigenvalue weighted by Gasteiger charge is -2.05. The Bertz CT molecular complexity index is 689. The van der Waals surface area contributed by atoms with Crippen molar-refractivity contribution in [3.63, 3.8) is 0 Å². The van der Waals surface area contributed by atoms with Crippen molar-refractivity contribution in [3.8, 4) is 0 Å². The minimum atomic E-state index is -4.35. The third-order valence-corrected chi connectivity index (χ3v) is 5.38. The van der Waals surface area contributed by atoms with Gasteiger partial charge in [-0.2, -0.15) is 16.8 Å². The highest BCUT2D eigenvalue weighted by atomic mass is 32.3. The van der Waals surface area contributed by atoms with Crippen LogP contribution in [0.25, 0.3) is 0 Å². The Balaban J connectivity index is 0.00000200. The summed E-state index contributed by atoms with van der Waals surface area (Å²) in [6.07, 6.45) is 0. The molecule has 0 aliphatic heterocycles. The van der Waals surface area contributed by atoms with Crippen LogP contribution in [0.5, 0.6) is 0 Å². The van der Waals surface area contributed by atoms with Gasteiger partial charge in [0.25, 0.3) is 0 Å². The lowest BCUT2D eigenvalue weighted by atomic mass is 10.4. The van der Waals surface area contributed by atoms with E-state index >= 15 is 0 Å². The smallest absolute Gasteiger partial charge is 0.193 e. The van der Waals surface area contributed by atoms with Gasteiger partial charge in [-0.3, -0.25) is 0 Å². The molecule has 0 aliphatic carbocycles. The van der Waals surface area contributed by atoms with Gasteiger partial charge in [-0.1, -0.05) is 36.4 Å². The molecule has 0 aromatic heterocycles. The van der Waals surface area contributed by atoms with E-state index in [0.29, 0.717) is 0 Å². The summed E-state index contributed by atoms with van der Waals surface area (Å²) >= 11 is 0. The van der Waals surface area contributed by atoms with E-state index in [1.54, 1.807) is 12.1 Å². The van der Waals surface area contributed by atoms with Crippen LogP contribution >= 0.6 is 0 Å². The van der Waals surface area contributed by atoms with Gasteiger partial charge in [0.1, 0.15) is 0 Å². The van der Waals surface area contributed by atoms with Crippen LogP contribution in [0.2, 0.25) is 0 Å². The van der Waals surface area contributed by atoms with E-state index in [4.69, 9.17) is 0 Å². The van der Waals surface area contributed by atoms with E-state index in [1.165, 1.54) is 48.5 Å². The second-order valence-electron chi connectivity index (χ2n) is 3.60. The molecule has 0 spiro atoms. The Morgan fingerprint density at radius 3 is 1.20 bits per heavy atom. The molecule has 20 heavy (non-hydrogen) atoms. The fourth-order valence-electron chi connectivity index (χ4n) is 1.37. The molecule has 8 heteroatoms. The van der Waals surface area contributed by atoms with Crippen LogP contribution in [0.4, 0.5) is 0 Å². The topological polar surface area (TPSA) is 77.5 Å². The second-order valence-corrected chi connectivity index (χ2v) is 6.91. The molecule has 0 heterocycles. The number of rotatable bonds is 4. The largest absolute Gasteiger partial charge is 0.311 e. The Morgan fingerprint density at radius 1 is 0.600 bits per heavy atom. The predicted octanol–water partition coefficient (Wildman–Crippen LogP) is 0.597. The molecular weight excluding hydrogens is 315 g/mol. The Morgan fingerprint density at radius 2 is 0.900 bits per heavy atom. The first kappa shape index (κ1) is 16.9. The summed E-state index contributed by atoms with van der Waals surface area (Å²) in [6, 6.07) is 14.2. The maximum atomic E-state index is 11.8. The van der Waals surface area contributed by atoms with Crippen LogP contribution in [0.3, 0.4) is 0 Å². The van der Waals surface area contributed by atoms with E-state index in [-0.39, 0.29) is 27.2 Å². The van der Waals surface area contributed by atoms with E-state index in [2.05, 4.69) is 3.63 Å². The molecule has 0 aliphatic rings. The van der Waals surface area contributed by atoms with Crippen molar-refractivity contribution in [1.82, 2.24) is 0 Å². The molecule has 2 aromatic rings. The fourth-order valence-corrected chi connectivity index (χ4v) is 3.92. The standard InChI is InChI=1S/C12H10O5S2.Al.3H/c13-18(14,11-7-3-1-4-8-11)17-19(15,16)12-9-5-2-6-10-12;;;;/h1-10H;;;;. The molecule has 0 unspecified atom stereocenters. The number of benzene rings is 2. The predicted molar refractivity (Wildman–Crippen MR) is 78.3 cm³/mol. The first-order valence-electron chi connectivity index (χ1n) is 5.23. The molecule has 0 bridgehead atoms. The molecule has 0 N–H and O–H groups in total. The van der Waals surface area contributed by atoms with Gasteiger partial charge in [-0.25, -0.2) is 0 Å². The molecule has 2 rings (SSSR count). The van der Waals surface area contributed by atoms with E-state index in [0.717, 1.165) is 0 Å². The summed E-state index contributed by atoms with van der Waals surface area (Å²) in [5.74, 6) is 0. The normalized spacial score (nSPS) is 11.6. The molecule has 0 radical (unpaired) electrons. The van der Waals surface area contributed by atoms with Crippen molar-refractivity contribution in [3.05, 3.63) is 60.7 Å². The van der Waals surface area contributed by atoms with E-state index in [9.17, 15) is 16.8 Å². The molecule has 5 nitrogen and oxygen atoms in total. The molecule has 106 valence electrons. The average molecular weight is 328 g/mol. The van der Waals surface area contributed by atoms with Gasteiger partial charge in [0.15, 0.2) is 17.4 Å². The zero-order valence-corrected chi connectivity index (χ0v) is 11.3. The lowest BCUT2D eigenvalue weighted by Crippen LogP contribution is -2.14. The molecule has 0 fully saturated rings. The zero-order chi connectivity index (χ0) is 13.9. The highest BCUT2D eigenvalue weighted by molar-refractivity contribution is 7.99. The summed E-state index contributed by atoms with van der Waals surface area (Å²) in [5.41, 5.74) is 0. The molecule has 0 atom stereocenters. The highest BCUT2D eigenvalue weighted by Gasteiger charge is 2.26. The molecule has 2 aromatic carbocycles. The van der Waals surface area contributed by atoms with Crippen molar-refractivity contribution in [2.24, 2.45) is 0 Å². The van der Waals surface area contributed by atoms with Gasteiger partial charge in [0, 0.05) is 0 Å². The third kappa shape index (κ3) is 3.91. The molecule has 0 saturated carbocycles. The van der Waals surface area contributed by atoms with Crippen molar-refractivity contribution in [2.75, 3.05) is 0 Å². The van der Waals surface area contributed by atoms with Crippen molar-refractivity contribution in [1.29, 1.82) is 0 Å². The Kier molecular flexibility index (Phi) is 5.51. The summed E-state index contributed by atoms with van der Waals surface area (Å²) < 4.78 is 51.6. The van der Waals surface area contributed by atoms with Crippen LogP contribution in [0, 0.1) is 0 Å². The molecular formula is C12H13AlO5S2. The van der Waals surface area contributed by atoms with Crippen LogP contribution in [0.1, 0.15) is 0 Å². The zero-order valence-electron chi connectivity index (χ0n) is 9.63. The quantitative estimate of drug-likeness (QED) is 0.768. The van der Waals surface area contributed by atoms with Gasteiger partial charge in [0.05, 0.1) is 9.79 Å². The molecule has 0 amide bonds. The van der Waals surface area contributed by atoms with Crippen molar-refractivity contribution in [2.45, 2.75) is 9.79 Å². The van der Waals surface area contributed by atoms with Gasteiger partial charge in [-0.15, -0.1) is 3.63 Å². The lowest BCUT2D eigenvalue weighted by molar-refractivity contribution is 0.462. The average Bonchev–Trinajstić information content (AvgIpc) is 2.40. The summed E-state index contributed by atoms with van der Waals surface area (Å²) in [7, 11) is -8.71. The summed E-state index contributed by atoms with van der Waals surface area (Å²) in [6.45, 7) is 0. The monoisotopic (exact) mass is 328 g/mol. The first-order chi connectivity index (χ1) is 8.92. The van der Waals surface area contributed by atoms with Crippen molar-refractivity contribution >= 4 is 37.6 Å². The summed E-state index contributed by atoms with van der Waals surface area (Å²) in [4.78, 5) is -0.427. The van der Waals surface area contributed by atoms with Crippen LogP contribution < -0.4 is 0 Å². The number of hydrogen-bond acceptors (Lipinski definition) is 5. The number of hydrogen-bond donors (Lipinski definition) is 0. The van der Waals surface area contributed by atoms with E-state index < -0.39 is 20.2 Å². The highest BCUT2D eigenvalue weighted by Crippen LogP contribution is 2.19. The second kappa shape index (κ2) is 6.52. The van der Waals surface area contributed by atoms with Gasteiger partial charge >= 0.3 is 20.2 Å². The third-order valence-electron chi connectivity index (χ3n) is 2.24. The maximum Gasteiger partial charge on any atom is 0.311 e. The first-order valence-corrected chi connectivity index (χ1v) is 8.05. The molecule has 0 saturated heterocycles. The van der Waals surface area contributed by atoms with E-state index in [1.807, 2.05) is 0 Å². The van der Waals surface area contributed by atoms with Gasteiger partial charge in [-0.05, 0) is 24.3 Å². The summed E-state index contributed by atoms with van der Waals surface area (Å²) in [5, 5.41) is 0. The van der Waals surface area contributed by atoms with Gasteiger partial charge in [0.2, 0.25) is 0 Å². The SMILES string of the molecule is O=S(=O)(OS(=O)(=O)c1ccccc1)c1ccccc1.[AlH3]. The van der Waals surface area contributed by atoms with Crippen molar-refractivity contribution < 1.29 is 20.5 Å². The maximum absolute atomic E-state index is 11.8. The van der Waals surface area contributed by atoms with Crippen LogP contribution in [-0.4, -0.2) is 34.2 Å². The Labute approximate surface area is 128 Å². The van der Waals surface area contributed by atoms with Crippen LogP contribution in [-0.2, 0) is 23.9 Å². The fraction of sp³-hybridized carbons (Fsp3) is 0. The van der Waals surface area contributed by atoms with Crippen LogP contribution in [0.15, 0.2) is 70.5 Å². The Hall–Kier alpha value is -1.17. The minimum Gasteiger partial charge on any atom is -0.193 e. The van der Waals surface area contributed by atoms with Gasteiger partial charge < -0.3 is 0 Å².